The predicted molar refractivity (Wildman–Crippen MR) is 146 cm³/mol. The second-order valence-electron chi connectivity index (χ2n) is 11.2. The van der Waals surface area contributed by atoms with E-state index in [0.717, 1.165) is 30.3 Å². The Morgan fingerprint density at radius 2 is 1.68 bits per heavy atom. The number of halogens is 7. The molecular weight excluding hydrogens is 572 g/mol. The number of alkyl halides is 3. The quantitative estimate of drug-likeness (QED) is 0.264. The summed E-state index contributed by atoms with van der Waals surface area (Å²) in [6.07, 6.45) is -4.19. The van der Waals surface area contributed by atoms with Crippen LogP contribution in [-0.4, -0.2) is 18.0 Å². The maximum absolute atomic E-state index is 15.6. The Morgan fingerprint density at radius 3 is 2.25 bits per heavy atom. The lowest BCUT2D eigenvalue weighted by Crippen LogP contribution is -2.52. The van der Waals surface area contributed by atoms with E-state index in [1.54, 1.807) is 0 Å². The first-order valence-corrected chi connectivity index (χ1v) is 13.2. The normalized spacial score (nSPS) is 23.3. The molecule has 1 heterocycles. The van der Waals surface area contributed by atoms with Crippen LogP contribution in [0.1, 0.15) is 49.8 Å². The van der Waals surface area contributed by atoms with Gasteiger partial charge in [0.25, 0.3) is 0 Å². The molecule has 0 unspecified atom stereocenters. The predicted octanol–water partition coefficient (Wildman–Crippen LogP) is 7.64. The smallest absolute Gasteiger partial charge is 0.325 e. The number of carbonyl (C=O) groups is 1. The molecule has 0 saturated carbocycles. The molecule has 1 saturated heterocycles. The van der Waals surface area contributed by atoms with E-state index in [1.165, 1.54) is 30.3 Å². The van der Waals surface area contributed by atoms with Gasteiger partial charge in [-0.1, -0.05) is 62.2 Å². The summed E-state index contributed by atoms with van der Waals surface area (Å²) >= 11 is 12.1. The van der Waals surface area contributed by atoms with Crippen LogP contribution in [0.15, 0.2) is 60.7 Å². The number of nitrogens with two attached hydrogens (primary N) is 1. The summed E-state index contributed by atoms with van der Waals surface area (Å²) < 4.78 is 70.2. The molecule has 1 aliphatic heterocycles. The van der Waals surface area contributed by atoms with E-state index in [-0.39, 0.29) is 32.3 Å². The van der Waals surface area contributed by atoms with Gasteiger partial charge in [0.15, 0.2) is 0 Å². The molecule has 11 heteroatoms. The third-order valence-electron chi connectivity index (χ3n) is 7.10. The molecule has 4 N–H and O–H groups in total. The molecule has 40 heavy (non-hydrogen) atoms. The van der Waals surface area contributed by atoms with E-state index in [1.807, 2.05) is 20.8 Å². The van der Waals surface area contributed by atoms with E-state index >= 15 is 8.78 Å². The highest BCUT2D eigenvalue weighted by Gasteiger charge is 2.58. The zero-order chi connectivity index (χ0) is 29.6. The molecule has 1 fully saturated rings. The van der Waals surface area contributed by atoms with Gasteiger partial charge in [-0.15, -0.1) is 0 Å². The molecule has 3 aromatic carbocycles. The van der Waals surface area contributed by atoms with Crippen LogP contribution < -0.4 is 16.4 Å². The third-order valence-corrected chi connectivity index (χ3v) is 7.63. The summed E-state index contributed by atoms with van der Waals surface area (Å²) in [7, 11) is 0. The SMILES string of the molecule is CC(C)(C)C[C@@H]1N[C@@H](C(=O)Nc2ccc(C(F)(F)F)cc2)[C@H](c2cccc(Cl)c2F)[C@@]1(N)c1ccc(Cl)cc1F. The Kier molecular flexibility index (Phi) is 8.26. The van der Waals surface area contributed by atoms with Crippen LogP contribution in [0, 0.1) is 17.0 Å². The lowest BCUT2D eigenvalue weighted by Gasteiger charge is -2.40. The van der Waals surface area contributed by atoms with Crippen molar-refractivity contribution in [1.82, 2.24) is 5.32 Å². The minimum absolute atomic E-state index is 0.0131. The number of amides is 1. The van der Waals surface area contributed by atoms with Crippen LogP contribution >= 0.6 is 23.2 Å². The van der Waals surface area contributed by atoms with Crippen molar-refractivity contribution in [3.8, 4) is 0 Å². The van der Waals surface area contributed by atoms with Gasteiger partial charge < -0.3 is 16.4 Å². The molecule has 4 atom stereocenters. The number of hydrogen-bond donors (Lipinski definition) is 3. The summed E-state index contributed by atoms with van der Waals surface area (Å²) in [6.45, 7) is 5.83. The molecule has 3 aromatic rings. The zero-order valence-electron chi connectivity index (χ0n) is 21.8. The van der Waals surface area contributed by atoms with Crippen molar-refractivity contribution in [2.24, 2.45) is 11.1 Å². The van der Waals surface area contributed by atoms with Gasteiger partial charge in [0.2, 0.25) is 5.91 Å². The number of hydrogen-bond acceptors (Lipinski definition) is 3. The van der Waals surface area contributed by atoms with Gasteiger partial charge >= 0.3 is 6.18 Å². The lowest BCUT2D eigenvalue weighted by atomic mass is 9.68. The fraction of sp³-hybridized carbons (Fsp3) is 0.345. The van der Waals surface area contributed by atoms with Crippen molar-refractivity contribution in [2.45, 2.75) is 56.9 Å². The molecule has 214 valence electrons. The van der Waals surface area contributed by atoms with Gasteiger partial charge in [-0.3, -0.25) is 4.79 Å². The van der Waals surface area contributed by atoms with E-state index in [2.05, 4.69) is 10.6 Å². The molecule has 4 nitrogen and oxygen atoms in total. The number of benzene rings is 3. The van der Waals surface area contributed by atoms with Crippen molar-refractivity contribution >= 4 is 34.8 Å². The summed E-state index contributed by atoms with van der Waals surface area (Å²) in [5.41, 5.74) is 4.29. The van der Waals surface area contributed by atoms with Crippen LogP contribution in [0.25, 0.3) is 0 Å². The Bertz CT molecular complexity index is 1410. The second kappa shape index (κ2) is 10.9. The highest BCUT2D eigenvalue weighted by atomic mass is 35.5. The van der Waals surface area contributed by atoms with Crippen molar-refractivity contribution in [1.29, 1.82) is 0 Å². The summed E-state index contributed by atoms with van der Waals surface area (Å²) in [6, 6.07) is 10.2. The maximum atomic E-state index is 15.6. The molecule has 0 spiro atoms. The molecule has 1 aliphatic rings. The van der Waals surface area contributed by atoms with Crippen LogP contribution in [0.4, 0.5) is 27.6 Å². The summed E-state index contributed by atoms with van der Waals surface area (Å²) in [5.74, 6) is -3.41. The third kappa shape index (κ3) is 5.98. The van der Waals surface area contributed by atoms with E-state index in [9.17, 15) is 18.0 Å². The standard InChI is InChI=1S/C29H28Cl2F5N3O/c1-27(2,3)14-22-28(37,19-12-9-16(30)13-21(19)32)23(18-5-4-6-20(31)24(18)33)25(39-22)26(40)38-17-10-7-15(8-11-17)29(34,35)36/h4-13,22-23,25,39H,14,37H2,1-3H3,(H,38,40)/t22-,23-,25+,28+/m0/s1. The van der Waals surface area contributed by atoms with E-state index in [0.29, 0.717) is 6.42 Å². The van der Waals surface area contributed by atoms with Crippen molar-refractivity contribution in [2.75, 3.05) is 5.32 Å². The highest BCUT2D eigenvalue weighted by molar-refractivity contribution is 6.31. The van der Waals surface area contributed by atoms with Crippen LogP contribution in [-0.2, 0) is 16.5 Å². The van der Waals surface area contributed by atoms with Crippen molar-refractivity contribution in [3.05, 3.63) is 99.0 Å². The van der Waals surface area contributed by atoms with Gasteiger partial charge in [0.05, 0.1) is 22.2 Å². The first kappa shape index (κ1) is 30.2. The minimum atomic E-state index is -4.55. The molecule has 0 radical (unpaired) electrons. The summed E-state index contributed by atoms with van der Waals surface area (Å²) in [5, 5.41) is 5.72. The molecule has 4 rings (SSSR count). The van der Waals surface area contributed by atoms with E-state index in [4.69, 9.17) is 28.9 Å². The van der Waals surface area contributed by atoms with Gasteiger partial charge in [-0.2, -0.15) is 13.2 Å². The molecule has 0 bridgehead atoms. The molecular formula is C29H28Cl2F5N3O. The van der Waals surface area contributed by atoms with Gasteiger partial charge in [-0.25, -0.2) is 8.78 Å². The van der Waals surface area contributed by atoms with Crippen molar-refractivity contribution < 1.29 is 26.7 Å². The van der Waals surface area contributed by atoms with Gasteiger partial charge in [-0.05, 0) is 59.9 Å². The molecule has 1 amide bonds. The maximum Gasteiger partial charge on any atom is 0.416 e. The summed E-state index contributed by atoms with van der Waals surface area (Å²) in [4.78, 5) is 13.7. The van der Waals surface area contributed by atoms with Crippen LogP contribution in [0.5, 0.6) is 0 Å². The number of nitrogens with one attached hydrogen (secondary N) is 2. The lowest BCUT2D eigenvalue weighted by molar-refractivity contribution is -0.137. The topological polar surface area (TPSA) is 67.2 Å². The number of carbonyl (C=O) groups excluding carboxylic acids is 1. The average molecular weight is 600 g/mol. The minimum Gasteiger partial charge on any atom is -0.325 e. The Morgan fingerprint density at radius 1 is 1.02 bits per heavy atom. The number of rotatable bonds is 5. The van der Waals surface area contributed by atoms with Gasteiger partial charge in [0, 0.05) is 28.2 Å². The highest BCUT2D eigenvalue weighted by Crippen LogP contribution is 2.50. The Labute approximate surface area is 239 Å². The fourth-order valence-corrected chi connectivity index (χ4v) is 5.71. The first-order chi connectivity index (χ1) is 18.5. The Balaban J connectivity index is 1.86. The van der Waals surface area contributed by atoms with Crippen LogP contribution in [0.3, 0.4) is 0 Å². The van der Waals surface area contributed by atoms with Gasteiger partial charge in [0.1, 0.15) is 11.6 Å². The first-order valence-electron chi connectivity index (χ1n) is 12.4. The van der Waals surface area contributed by atoms with Crippen LogP contribution in [0.2, 0.25) is 10.0 Å². The molecule has 0 aromatic heterocycles. The van der Waals surface area contributed by atoms with Crippen molar-refractivity contribution in [3.63, 3.8) is 0 Å². The second-order valence-corrected chi connectivity index (χ2v) is 12.0. The zero-order valence-corrected chi connectivity index (χ0v) is 23.4. The molecule has 0 aliphatic carbocycles. The fourth-order valence-electron chi connectivity index (χ4n) is 5.37. The number of anilines is 1. The van der Waals surface area contributed by atoms with E-state index < -0.39 is 52.8 Å². The average Bonchev–Trinajstić information content (AvgIpc) is 3.12. The largest absolute Gasteiger partial charge is 0.416 e. The Hall–Kier alpha value is -2.72. The monoisotopic (exact) mass is 599 g/mol.